The van der Waals surface area contributed by atoms with E-state index in [4.69, 9.17) is 9.97 Å². The summed E-state index contributed by atoms with van der Waals surface area (Å²) in [4.78, 5) is 11.7. The van der Waals surface area contributed by atoms with Crippen LogP contribution in [0.5, 0.6) is 0 Å². The lowest BCUT2D eigenvalue weighted by Gasteiger charge is -2.29. The van der Waals surface area contributed by atoms with E-state index >= 15 is 0 Å². The van der Waals surface area contributed by atoms with Crippen LogP contribution in [0.25, 0.3) is 21.8 Å². The molecule has 1 fully saturated rings. The fourth-order valence-corrected chi connectivity index (χ4v) is 5.08. The van der Waals surface area contributed by atoms with E-state index in [2.05, 4.69) is 69.6 Å². The average Bonchev–Trinajstić information content (AvgIpc) is 3.15. The van der Waals surface area contributed by atoms with Crippen molar-refractivity contribution in [2.45, 2.75) is 38.3 Å². The molecule has 33 heavy (non-hydrogen) atoms. The summed E-state index contributed by atoms with van der Waals surface area (Å²) >= 11 is 0. The van der Waals surface area contributed by atoms with Gasteiger partial charge in [0.15, 0.2) is 0 Å². The fraction of sp³-hybridized carbons (Fsp3) is 0.407. The first-order valence-corrected chi connectivity index (χ1v) is 12.0. The van der Waals surface area contributed by atoms with Crippen LogP contribution < -0.4 is 15.5 Å². The molecular weight excluding hydrogens is 408 g/mol. The second-order valence-corrected chi connectivity index (χ2v) is 9.53. The number of para-hydroxylation sites is 2. The standard InChI is InChI=1S/C27H34N6/c1-32(2)26-23-9-5-6-10-24(23)30-27(31-26)29-21-14-12-19(13-15-21)17-28-18-22-16-20-8-4-7-11-25(20)33(22)3/h4-11,16,19,21,28H,12-15,17-18H2,1-3H3,(H,29,30,31). The first-order valence-electron chi connectivity index (χ1n) is 12.0. The summed E-state index contributed by atoms with van der Waals surface area (Å²) in [5.74, 6) is 2.44. The molecule has 0 saturated heterocycles. The van der Waals surface area contributed by atoms with Crippen molar-refractivity contribution in [2.75, 3.05) is 30.9 Å². The van der Waals surface area contributed by atoms with Crippen molar-refractivity contribution in [2.24, 2.45) is 13.0 Å². The number of aromatic nitrogens is 3. The lowest BCUT2D eigenvalue weighted by Crippen LogP contribution is -2.32. The van der Waals surface area contributed by atoms with E-state index in [1.165, 1.54) is 29.4 Å². The van der Waals surface area contributed by atoms with E-state index in [9.17, 15) is 0 Å². The molecule has 6 heteroatoms. The molecule has 6 nitrogen and oxygen atoms in total. The summed E-state index contributed by atoms with van der Waals surface area (Å²) < 4.78 is 2.30. The molecule has 4 aromatic rings. The number of fused-ring (bicyclic) bond motifs is 2. The zero-order valence-electron chi connectivity index (χ0n) is 19.9. The smallest absolute Gasteiger partial charge is 0.225 e. The van der Waals surface area contributed by atoms with Gasteiger partial charge in [0.2, 0.25) is 5.95 Å². The number of rotatable bonds is 7. The van der Waals surface area contributed by atoms with E-state index < -0.39 is 0 Å². The van der Waals surface area contributed by atoms with Crippen molar-refractivity contribution in [1.82, 2.24) is 19.9 Å². The summed E-state index contributed by atoms with van der Waals surface area (Å²) in [5.41, 5.74) is 3.64. The maximum absolute atomic E-state index is 4.81. The Kier molecular flexibility index (Phi) is 6.18. The van der Waals surface area contributed by atoms with Crippen molar-refractivity contribution in [3.8, 4) is 0 Å². The number of anilines is 2. The molecule has 1 saturated carbocycles. The van der Waals surface area contributed by atoms with Crippen LogP contribution in [0.2, 0.25) is 0 Å². The van der Waals surface area contributed by atoms with Crippen LogP contribution in [0.3, 0.4) is 0 Å². The van der Waals surface area contributed by atoms with Crippen LogP contribution in [0.15, 0.2) is 54.6 Å². The summed E-state index contributed by atoms with van der Waals surface area (Å²) in [6, 6.07) is 19.6. The van der Waals surface area contributed by atoms with Gasteiger partial charge in [0, 0.05) is 50.3 Å². The third-order valence-corrected chi connectivity index (χ3v) is 6.98. The number of aryl methyl sites for hydroxylation is 1. The Morgan fingerprint density at radius 1 is 0.970 bits per heavy atom. The molecule has 0 bridgehead atoms. The number of hydrogen-bond donors (Lipinski definition) is 2. The number of nitrogens with one attached hydrogen (secondary N) is 2. The summed E-state index contributed by atoms with van der Waals surface area (Å²) in [5, 5.41) is 9.73. The highest BCUT2D eigenvalue weighted by molar-refractivity contribution is 5.90. The van der Waals surface area contributed by atoms with Crippen LogP contribution in [0, 0.1) is 5.92 Å². The summed E-state index contributed by atoms with van der Waals surface area (Å²) in [6.45, 7) is 1.99. The maximum atomic E-state index is 4.81. The highest BCUT2D eigenvalue weighted by Gasteiger charge is 2.22. The number of nitrogens with zero attached hydrogens (tertiary/aromatic N) is 4. The van der Waals surface area contributed by atoms with Crippen molar-refractivity contribution < 1.29 is 0 Å². The summed E-state index contributed by atoms with van der Waals surface area (Å²) in [7, 11) is 6.23. The van der Waals surface area contributed by atoms with Crippen LogP contribution in [0.1, 0.15) is 31.4 Å². The van der Waals surface area contributed by atoms with Gasteiger partial charge in [0.25, 0.3) is 0 Å². The Morgan fingerprint density at radius 2 is 1.73 bits per heavy atom. The predicted octanol–water partition coefficient (Wildman–Crippen LogP) is 4.95. The fourth-order valence-electron chi connectivity index (χ4n) is 5.08. The van der Waals surface area contributed by atoms with Gasteiger partial charge in [-0.05, 0) is 67.8 Å². The Bertz CT molecular complexity index is 1240. The van der Waals surface area contributed by atoms with Gasteiger partial charge >= 0.3 is 0 Å². The Hall–Kier alpha value is -3.12. The molecule has 0 spiro atoms. The molecule has 0 radical (unpaired) electrons. The second-order valence-electron chi connectivity index (χ2n) is 9.53. The molecule has 2 aromatic carbocycles. The van der Waals surface area contributed by atoms with Gasteiger partial charge in [-0.25, -0.2) is 4.98 Å². The van der Waals surface area contributed by atoms with E-state index in [1.54, 1.807) is 0 Å². The minimum absolute atomic E-state index is 0.440. The van der Waals surface area contributed by atoms with Crippen LogP contribution in [0.4, 0.5) is 11.8 Å². The third-order valence-electron chi connectivity index (χ3n) is 6.98. The minimum Gasteiger partial charge on any atom is -0.362 e. The molecule has 0 atom stereocenters. The average molecular weight is 443 g/mol. The SMILES string of the molecule is CN(C)c1nc(NC2CCC(CNCc3cc4ccccc4n3C)CC2)nc2ccccc12. The molecule has 1 aliphatic rings. The lowest BCUT2D eigenvalue weighted by molar-refractivity contribution is 0.323. The molecule has 2 heterocycles. The molecule has 0 unspecified atom stereocenters. The highest BCUT2D eigenvalue weighted by Crippen LogP contribution is 2.28. The number of benzene rings is 2. The van der Waals surface area contributed by atoms with Crippen molar-refractivity contribution in [3.63, 3.8) is 0 Å². The highest BCUT2D eigenvalue weighted by atomic mass is 15.2. The van der Waals surface area contributed by atoms with Gasteiger partial charge in [-0.1, -0.05) is 30.3 Å². The monoisotopic (exact) mass is 442 g/mol. The van der Waals surface area contributed by atoms with Gasteiger partial charge in [-0.15, -0.1) is 0 Å². The molecule has 0 aliphatic heterocycles. The van der Waals surface area contributed by atoms with Crippen LogP contribution in [-0.2, 0) is 13.6 Å². The van der Waals surface area contributed by atoms with E-state index in [1.807, 2.05) is 26.2 Å². The molecule has 5 rings (SSSR count). The quantitative estimate of drug-likeness (QED) is 0.424. The largest absolute Gasteiger partial charge is 0.362 e. The van der Waals surface area contributed by atoms with Gasteiger partial charge in [-0.2, -0.15) is 4.98 Å². The molecule has 2 N–H and O–H groups in total. The first-order chi connectivity index (χ1) is 16.1. The zero-order chi connectivity index (χ0) is 22.8. The van der Waals surface area contributed by atoms with Crippen molar-refractivity contribution in [1.29, 1.82) is 0 Å². The molecular formula is C27H34N6. The van der Waals surface area contributed by atoms with Gasteiger partial charge in [0.1, 0.15) is 5.82 Å². The van der Waals surface area contributed by atoms with Gasteiger partial charge in [0.05, 0.1) is 5.52 Å². The van der Waals surface area contributed by atoms with Gasteiger partial charge < -0.3 is 20.1 Å². The second kappa shape index (κ2) is 9.40. The topological polar surface area (TPSA) is 58.0 Å². The molecule has 2 aromatic heterocycles. The minimum atomic E-state index is 0.440. The number of hydrogen-bond acceptors (Lipinski definition) is 5. The Balaban J connectivity index is 1.14. The van der Waals surface area contributed by atoms with E-state index in [0.717, 1.165) is 54.5 Å². The predicted molar refractivity (Wildman–Crippen MR) is 138 cm³/mol. The van der Waals surface area contributed by atoms with E-state index in [0.29, 0.717) is 6.04 Å². The van der Waals surface area contributed by atoms with Crippen LogP contribution in [-0.4, -0.2) is 41.2 Å². The summed E-state index contributed by atoms with van der Waals surface area (Å²) in [6.07, 6.45) is 4.78. The zero-order valence-corrected chi connectivity index (χ0v) is 19.9. The maximum Gasteiger partial charge on any atom is 0.225 e. The normalized spacial score (nSPS) is 18.6. The van der Waals surface area contributed by atoms with Crippen molar-refractivity contribution >= 4 is 33.6 Å². The van der Waals surface area contributed by atoms with Gasteiger partial charge in [-0.3, -0.25) is 0 Å². The first kappa shape index (κ1) is 21.7. The third kappa shape index (κ3) is 4.67. The Labute approximate surface area is 196 Å². The lowest BCUT2D eigenvalue weighted by atomic mass is 9.86. The van der Waals surface area contributed by atoms with Crippen molar-refractivity contribution in [3.05, 3.63) is 60.3 Å². The molecule has 0 amide bonds. The van der Waals surface area contributed by atoms with E-state index in [-0.39, 0.29) is 0 Å². The Morgan fingerprint density at radius 3 is 2.52 bits per heavy atom. The molecule has 172 valence electrons. The molecule has 1 aliphatic carbocycles. The van der Waals surface area contributed by atoms with Crippen LogP contribution >= 0.6 is 0 Å².